The van der Waals surface area contributed by atoms with Crippen LogP contribution >= 0.6 is 0 Å². The minimum atomic E-state index is 0.461. The van der Waals surface area contributed by atoms with E-state index in [1.54, 1.807) is 0 Å². The van der Waals surface area contributed by atoms with Crippen LogP contribution in [-0.2, 0) is 6.42 Å². The summed E-state index contributed by atoms with van der Waals surface area (Å²) in [6.45, 7) is 8.92. The fraction of sp³-hybridized carbons (Fsp3) is 0.824. The predicted octanol–water partition coefficient (Wildman–Crippen LogP) is 3.96. The number of rotatable bonds is 8. The van der Waals surface area contributed by atoms with Crippen molar-refractivity contribution in [3.05, 3.63) is 18.0 Å². The van der Waals surface area contributed by atoms with Gasteiger partial charge in [0.1, 0.15) is 0 Å². The van der Waals surface area contributed by atoms with E-state index in [0.29, 0.717) is 11.5 Å². The van der Waals surface area contributed by atoms with Gasteiger partial charge in [-0.1, -0.05) is 33.6 Å². The van der Waals surface area contributed by atoms with Gasteiger partial charge in [-0.05, 0) is 50.1 Å². The van der Waals surface area contributed by atoms with Gasteiger partial charge in [0.05, 0.1) is 11.7 Å². The Morgan fingerprint density at radius 2 is 1.95 bits per heavy atom. The lowest BCUT2D eigenvalue weighted by molar-refractivity contribution is 0.275. The molecule has 1 aromatic rings. The molecule has 3 nitrogen and oxygen atoms in total. The fourth-order valence-corrected chi connectivity index (χ4v) is 3.65. The molecule has 2 rings (SSSR count). The average molecular weight is 277 g/mol. The summed E-state index contributed by atoms with van der Waals surface area (Å²) < 4.78 is 2.19. The van der Waals surface area contributed by atoms with Crippen LogP contribution in [0.2, 0.25) is 0 Å². The van der Waals surface area contributed by atoms with E-state index < -0.39 is 0 Å². The van der Waals surface area contributed by atoms with Gasteiger partial charge in [0, 0.05) is 12.7 Å². The zero-order chi connectivity index (χ0) is 14.4. The highest BCUT2D eigenvalue weighted by atomic mass is 15.3. The Morgan fingerprint density at radius 1 is 1.25 bits per heavy atom. The molecule has 0 amide bonds. The summed E-state index contributed by atoms with van der Waals surface area (Å²) in [6, 6.07) is 2.81. The van der Waals surface area contributed by atoms with Gasteiger partial charge in [0.15, 0.2) is 0 Å². The molecule has 1 saturated carbocycles. The minimum absolute atomic E-state index is 0.461. The van der Waals surface area contributed by atoms with Crippen LogP contribution in [0.25, 0.3) is 0 Å². The van der Waals surface area contributed by atoms with Gasteiger partial charge >= 0.3 is 0 Å². The molecule has 0 radical (unpaired) electrons. The van der Waals surface area contributed by atoms with Crippen molar-refractivity contribution in [1.82, 2.24) is 15.1 Å². The smallest absolute Gasteiger partial charge is 0.0630 e. The molecule has 20 heavy (non-hydrogen) atoms. The Bertz CT molecular complexity index is 387. The first-order valence-corrected chi connectivity index (χ1v) is 8.47. The SMILES string of the molecule is CCNCC1(Cc2ccn(C(CC)CC)n2)CCCC1. The van der Waals surface area contributed by atoms with E-state index in [9.17, 15) is 0 Å². The average Bonchev–Trinajstić information content (AvgIpc) is 3.09. The molecule has 1 N–H and O–H groups in total. The molecule has 1 heterocycles. The van der Waals surface area contributed by atoms with Crippen LogP contribution in [0.1, 0.15) is 71.0 Å². The standard InChI is InChI=1S/C17H31N3/c1-4-16(5-2)20-12-9-15(19-20)13-17(14-18-6-3)10-7-8-11-17/h9,12,16,18H,4-8,10-11,13-14H2,1-3H3. The molecule has 1 aliphatic rings. The molecule has 114 valence electrons. The maximum atomic E-state index is 4.86. The summed E-state index contributed by atoms with van der Waals surface area (Å²) >= 11 is 0. The maximum absolute atomic E-state index is 4.86. The van der Waals surface area contributed by atoms with Gasteiger partial charge < -0.3 is 5.32 Å². The van der Waals surface area contributed by atoms with E-state index in [-0.39, 0.29) is 0 Å². The van der Waals surface area contributed by atoms with E-state index in [1.165, 1.54) is 44.2 Å². The van der Waals surface area contributed by atoms with E-state index >= 15 is 0 Å². The molecule has 1 fully saturated rings. The third kappa shape index (κ3) is 3.63. The van der Waals surface area contributed by atoms with Crippen molar-refractivity contribution in [2.75, 3.05) is 13.1 Å². The molecule has 0 aromatic carbocycles. The Labute approximate surface area is 124 Å². The van der Waals surface area contributed by atoms with Crippen LogP contribution in [0.15, 0.2) is 12.3 Å². The van der Waals surface area contributed by atoms with Crippen molar-refractivity contribution in [3.63, 3.8) is 0 Å². The Balaban J connectivity index is 2.03. The van der Waals surface area contributed by atoms with E-state index in [2.05, 4.69) is 43.0 Å². The first-order chi connectivity index (χ1) is 9.73. The largest absolute Gasteiger partial charge is 0.316 e. The third-order valence-electron chi connectivity index (χ3n) is 4.95. The van der Waals surface area contributed by atoms with E-state index in [4.69, 9.17) is 5.10 Å². The second-order valence-corrected chi connectivity index (χ2v) is 6.42. The molecule has 0 bridgehead atoms. The van der Waals surface area contributed by atoms with Gasteiger partial charge in [-0.15, -0.1) is 0 Å². The Hall–Kier alpha value is -0.830. The minimum Gasteiger partial charge on any atom is -0.316 e. The zero-order valence-electron chi connectivity index (χ0n) is 13.5. The summed E-state index contributed by atoms with van der Waals surface area (Å²) in [4.78, 5) is 0. The van der Waals surface area contributed by atoms with E-state index in [0.717, 1.165) is 19.5 Å². The van der Waals surface area contributed by atoms with Crippen molar-refractivity contribution < 1.29 is 0 Å². The summed E-state index contributed by atoms with van der Waals surface area (Å²) in [5.41, 5.74) is 1.75. The number of nitrogens with one attached hydrogen (secondary N) is 1. The molecule has 0 unspecified atom stereocenters. The molecular weight excluding hydrogens is 246 g/mol. The quantitative estimate of drug-likeness (QED) is 0.779. The van der Waals surface area contributed by atoms with Crippen molar-refractivity contribution in [2.24, 2.45) is 5.41 Å². The Morgan fingerprint density at radius 3 is 2.55 bits per heavy atom. The normalized spacial score (nSPS) is 18.0. The third-order valence-corrected chi connectivity index (χ3v) is 4.95. The van der Waals surface area contributed by atoms with Gasteiger partial charge in [-0.3, -0.25) is 4.68 Å². The molecule has 0 saturated heterocycles. The van der Waals surface area contributed by atoms with E-state index in [1.807, 2.05) is 0 Å². The monoisotopic (exact) mass is 277 g/mol. The molecule has 3 heteroatoms. The highest BCUT2D eigenvalue weighted by Crippen LogP contribution is 2.40. The van der Waals surface area contributed by atoms with Crippen LogP contribution in [0.5, 0.6) is 0 Å². The molecule has 0 spiro atoms. The second-order valence-electron chi connectivity index (χ2n) is 6.42. The lowest BCUT2D eigenvalue weighted by Gasteiger charge is -2.28. The fourth-order valence-electron chi connectivity index (χ4n) is 3.65. The molecule has 0 aliphatic heterocycles. The Kier molecular flexibility index (Phi) is 5.64. The summed E-state index contributed by atoms with van der Waals surface area (Å²) in [6.07, 6.45) is 11.2. The van der Waals surface area contributed by atoms with Crippen LogP contribution in [0.4, 0.5) is 0 Å². The highest BCUT2D eigenvalue weighted by molar-refractivity contribution is 5.06. The summed E-state index contributed by atoms with van der Waals surface area (Å²) in [7, 11) is 0. The van der Waals surface area contributed by atoms with Gasteiger partial charge in [-0.2, -0.15) is 5.10 Å². The topological polar surface area (TPSA) is 29.9 Å². The zero-order valence-corrected chi connectivity index (χ0v) is 13.5. The van der Waals surface area contributed by atoms with Crippen LogP contribution in [0.3, 0.4) is 0 Å². The lowest BCUT2D eigenvalue weighted by atomic mass is 9.81. The molecule has 1 aromatic heterocycles. The van der Waals surface area contributed by atoms with Gasteiger partial charge in [0.25, 0.3) is 0 Å². The highest BCUT2D eigenvalue weighted by Gasteiger charge is 2.34. The summed E-state index contributed by atoms with van der Waals surface area (Å²) in [5.74, 6) is 0. The van der Waals surface area contributed by atoms with Gasteiger partial charge in [-0.25, -0.2) is 0 Å². The number of hydrogen-bond acceptors (Lipinski definition) is 2. The van der Waals surface area contributed by atoms with Crippen molar-refractivity contribution in [3.8, 4) is 0 Å². The molecular formula is C17H31N3. The van der Waals surface area contributed by atoms with Crippen LogP contribution in [-0.4, -0.2) is 22.9 Å². The van der Waals surface area contributed by atoms with Crippen LogP contribution in [0, 0.1) is 5.41 Å². The first kappa shape index (κ1) is 15.6. The van der Waals surface area contributed by atoms with Crippen molar-refractivity contribution >= 4 is 0 Å². The first-order valence-electron chi connectivity index (χ1n) is 8.47. The number of aromatic nitrogens is 2. The van der Waals surface area contributed by atoms with Crippen molar-refractivity contribution in [2.45, 2.75) is 71.8 Å². The maximum Gasteiger partial charge on any atom is 0.0630 e. The number of nitrogens with zero attached hydrogens (tertiary/aromatic N) is 2. The second kappa shape index (κ2) is 7.26. The molecule has 1 aliphatic carbocycles. The van der Waals surface area contributed by atoms with Gasteiger partial charge in [0.2, 0.25) is 0 Å². The van der Waals surface area contributed by atoms with Crippen LogP contribution < -0.4 is 5.32 Å². The molecule has 0 atom stereocenters. The van der Waals surface area contributed by atoms with Crippen molar-refractivity contribution in [1.29, 1.82) is 0 Å². The summed E-state index contributed by atoms with van der Waals surface area (Å²) in [5, 5.41) is 8.43. The number of hydrogen-bond donors (Lipinski definition) is 1. The predicted molar refractivity (Wildman–Crippen MR) is 85.0 cm³/mol. The lowest BCUT2D eigenvalue weighted by Crippen LogP contribution is -2.34.